The van der Waals surface area contributed by atoms with Crippen LogP contribution < -0.4 is 0 Å². The average molecular weight is 206 g/mol. The molecule has 15 heavy (non-hydrogen) atoms. The SMILES string of the molecule is C#CC(=O)O.O=C(O)C12C3CC4C(C41)C32. The lowest BCUT2D eigenvalue weighted by molar-refractivity contribution is -0.147. The topological polar surface area (TPSA) is 74.6 Å². The van der Waals surface area contributed by atoms with Crippen molar-refractivity contribution in [3.8, 4) is 12.3 Å². The van der Waals surface area contributed by atoms with Crippen LogP contribution in [0.15, 0.2) is 0 Å². The van der Waals surface area contributed by atoms with Crippen LogP contribution in [0.2, 0.25) is 0 Å². The van der Waals surface area contributed by atoms with E-state index in [-0.39, 0.29) is 5.41 Å². The Labute approximate surface area is 86.3 Å². The summed E-state index contributed by atoms with van der Waals surface area (Å²) in [4.78, 5) is 20.0. The van der Waals surface area contributed by atoms with E-state index in [1.54, 1.807) is 0 Å². The van der Waals surface area contributed by atoms with E-state index < -0.39 is 11.9 Å². The van der Waals surface area contributed by atoms with Crippen molar-refractivity contribution >= 4 is 11.9 Å². The van der Waals surface area contributed by atoms with E-state index in [2.05, 4.69) is 6.42 Å². The van der Waals surface area contributed by atoms with Gasteiger partial charge in [0.1, 0.15) is 0 Å². The first kappa shape index (κ1) is 8.78. The molecule has 78 valence electrons. The predicted molar refractivity (Wildman–Crippen MR) is 48.6 cm³/mol. The highest BCUT2D eigenvalue weighted by molar-refractivity contribution is 5.86. The molecular weight excluding hydrogens is 196 g/mol. The third kappa shape index (κ3) is 0.696. The molecule has 5 rings (SSSR count). The second kappa shape index (κ2) is 2.19. The third-order valence-electron chi connectivity index (χ3n) is 4.71. The Balaban J connectivity index is 0.000000127. The van der Waals surface area contributed by atoms with Gasteiger partial charge in [-0.15, -0.1) is 6.42 Å². The number of terminal acetylenes is 1. The van der Waals surface area contributed by atoms with Crippen molar-refractivity contribution < 1.29 is 19.8 Å². The van der Waals surface area contributed by atoms with Crippen molar-refractivity contribution in [1.29, 1.82) is 0 Å². The van der Waals surface area contributed by atoms with Crippen LogP contribution in [-0.2, 0) is 9.59 Å². The maximum atomic E-state index is 10.8. The molecule has 0 radical (unpaired) electrons. The number of carbonyl (C=O) groups is 2. The van der Waals surface area contributed by atoms with E-state index in [1.807, 2.05) is 0 Å². The lowest BCUT2D eigenvalue weighted by atomic mass is 9.85. The molecule has 0 heterocycles. The van der Waals surface area contributed by atoms with Crippen LogP contribution in [0, 0.1) is 47.3 Å². The summed E-state index contributed by atoms with van der Waals surface area (Å²) in [5, 5.41) is 16.4. The summed E-state index contributed by atoms with van der Waals surface area (Å²) in [6, 6.07) is 0. The first-order chi connectivity index (χ1) is 7.06. The van der Waals surface area contributed by atoms with Gasteiger partial charge in [0.25, 0.3) is 0 Å². The Bertz CT molecular complexity index is 400. The quantitative estimate of drug-likeness (QED) is 0.604. The smallest absolute Gasteiger partial charge is 0.381 e. The number of aliphatic carboxylic acids is 2. The maximum absolute atomic E-state index is 10.8. The molecule has 0 saturated heterocycles. The van der Waals surface area contributed by atoms with Gasteiger partial charge in [-0.05, 0) is 36.0 Å². The van der Waals surface area contributed by atoms with E-state index in [1.165, 1.54) is 12.3 Å². The van der Waals surface area contributed by atoms with Crippen LogP contribution in [0.3, 0.4) is 0 Å². The Morgan fingerprint density at radius 3 is 2.07 bits per heavy atom. The number of carboxylic acids is 2. The Kier molecular flexibility index (Phi) is 1.28. The highest BCUT2D eigenvalue weighted by Crippen LogP contribution is 2.98. The van der Waals surface area contributed by atoms with Crippen LogP contribution in [0.25, 0.3) is 0 Å². The average Bonchev–Trinajstić information content (AvgIpc) is 2.80. The second-order valence-corrected chi connectivity index (χ2v) is 4.82. The molecule has 5 aliphatic carbocycles. The van der Waals surface area contributed by atoms with Crippen LogP contribution in [-0.4, -0.2) is 22.2 Å². The lowest BCUT2D eigenvalue weighted by Gasteiger charge is -2.18. The number of hydrogen-bond donors (Lipinski definition) is 2. The standard InChI is InChI=1S/C8H8O2.C3H2O2/c9-7(10)8-3-1-2-4(5(2)8)6(3)8;1-2-3(4)5/h2-6H,1H2,(H,9,10);1H,(H,4,5). The minimum absolute atomic E-state index is 0.130. The van der Waals surface area contributed by atoms with Gasteiger partial charge in [-0.1, -0.05) is 0 Å². The fourth-order valence-corrected chi connectivity index (χ4v) is 4.39. The van der Waals surface area contributed by atoms with Crippen molar-refractivity contribution in [2.45, 2.75) is 6.42 Å². The van der Waals surface area contributed by atoms with Crippen molar-refractivity contribution in [1.82, 2.24) is 0 Å². The molecule has 0 aromatic heterocycles. The van der Waals surface area contributed by atoms with Gasteiger partial charge in [-0.25, -0.2) is 4.79 Å². The van der Waals surface area contributed by atoms with Crippen LogP contribution in [0.1, 0.15) is 6.42 Å². The molecular formula is C11H10O4. The van der Waals surface area contributed by atoms with Crippen LogP contribution in [0.4, 0.5) is 0 Å². The fraction of sp³-hybridized carbons (Fsp3) is 0.636. The highest BCUT2D eigenvalue weighted by Gasteiger charge is 2.99. The zero-order valence-electron chi connectivity index (χ0n) is 7.88. The Morgan fingerprint density at radius 1 is 1.33 bits per heavy atom. The zero-order valence-corrected chi connectivity index (χ0v) is 7.88. The molecule has 5 aliphatic rings. The van der Waals surface area contributed by atoms with Crippen molar-refractivity contribution in [3.05, 3.63) is 0 Å². The van der Waals surface area contributed by atoms with Gasteiger partial charge in [-0.3, -0.25) is 4.79 Å². The van der Waals surface area contributed by atoms with Gasteiger partial charge in [0.05, 0.1) is 5.41 Å². The summed E-state index contributed by atoms with van der Waals surface area (Å²) < 4.78 is 0. The molecule has 0 amide bonds. The van der Waals surface area contributed by atoms with E-state index in [0.29, 0.717) is 17.8 Å². The molecule has 5 saturated carbocycles. The van der Waals surface area contributed by atoms with Crippen LogP contribution >= 0.6 is 0 Å². The van der Waals surface area contributed by atoms with Gasteiger partial charge in [0, 0.05) is 5.92 Å². The van der Waals surface area contributed by atoms with Gasteiger partial charge in [0.2, 0.25) is 0 Å². The van der Waals surface area contributed by atoms with Crippen LogP contribution in [0.5, 0.6) is 0 Å². The van der Waals surface area contributed by atoms with E-state index >= 15 is 0 Å². The van der Waals surface area contributed by atoms with Crippen molar-refractivity contribution in [3.63, 3.8) is 0 Å². The minimum Gasteiger partial charge on any atom is -0.481 e. The molecule has 6 atom stereocenters. The highest BCUT2D eigenvalue weighted by atomic mass is 16.4. The number of hydrogen-bond acceptors (Lipinski definition) is 2. The largest absolute Gasteiger partial charge is 0.481 e. The summed E-state index contributed by atoms with van der Waals surface area (Å²) >= 11 is 0. The molecule has 0 aliphatic heterocycles. The van der Waals surface area contributed by atoms with Gasteiger partial charge in [-0.2, -0.15) is 0 Å². The first-order valence-electron chi connectivity index (χ1n) is 4.99. The third-order valence-corrected chi connectivity index (χ3v) is 4.71. The number of rotatable bonds is 1. The van der Waals surface area contributed by atoms with Gasteiger partial charge in [0.15, 0.2) is 0 Å². The Hall–Kier alpha value is -1.50. The lowest BCUT2D eigenvalue weighted by Crippen LogP contribution is -2.28. The summed E-state index contributed by atoms with van der Waals surface area (Å²) in [6.07, 6.45) is 5.58. The molecule has 2 bridgehead atoms. The van der Waals surface area contributed by atoms with Crippen molar-refractivity contribution in [2.75, 3.05) is 0 Å². The summed E-state index contributed by atoms with van der Waals surface area (Å²) in [6.45, 7) is 0. The molecule has 0 aromatic rings. The molecule has 4 nitrogen and oxygen atoms in total. The molecule has 0 aromatic carbocycles. The maximum Gasteiger partial charge on any atom is 0.381 e. The predicted octanol–water partition coefficient (Wildman–Crippen LogP) is 0.287. The summed E-state index contributed by atoms with van der Waals surface area (Å²) in [5.74, 6) is 3.44. The minimum atomic E-state index is -1.22. The number of carboxylic acid groups (broad SMARTS) is 2. The van der Waals surface area contributed by atoms with E-state index in [0.717, 1.165) is 11.8 Å². The molecule has 2 N–H and O–H groups in total. The normalized spacial score (nSPS) is 53.7. The van der Waals surface area contributed by atoms with E-state index in [4.69, 9.17) is 15.0 Å². The Morgan fingerprint density at radius 2 is 1.93 bits per heavy atom. The van der Waals surface area contributed by atoms with E-state index in [9.17, 15) is 4.79 Å². The molecule has 0 spiro atoms. The molecule has 5 fully saturated rings. The van der Waals surface area contributed by atoms with Gasteiger partial charge >= 0.3 is 11.9 Å². The zero-order chi connectivity index (χ0) is 11.0. The monoisotopic (exact) mass is 206 g/mol. The summed E-state index contributed by atoms with van der Waals surface area (Å²) in [5.41, 5.74) is -0.130. The first-order valence-corrected chi connectivity index (χ1v) is 4.99. The van der Waals surface area contributed by atoms with Gasteiger partial charge < -0.3 is 10.2 Å². The summed E-state index contributed by atoms with van der Waals surface area (Å²) in [7, 11) is 0. The second-order valence-electron chi connectivity index (χ2n) is 4.82. The van der Waals surface area contributed by atoms with Crippen molar-refractivity contribution in [2.24, 2.45) is 35.0 Å². The fourth-order valence-electron chi connectivity index (χ4n) is 4.39. The molecule has 6 unspecified atom stereocenters. The molecule has 4 heteroatoms.